The highest BCUT2D eigenvalue weighted by atomic mass is 35.5. The normalized spacial score (nSPS) is 11.0. The molecule has 43 heavy (non-hydrogen) atoms. The van der Waals surface area contributed by atoms with Gasteiger partial charge in [0.05, 0.1) is 17.7 Å². The van der Waals surface area contributed by atoms with E-state index in [2.05, 4.69) is 15.5 Å². The first-order valence-electron chi connectivity index (χ1n) is 13.2. The van der Waals surface area contributed by atoms with Gasteiger partial charge in [-0.05, 0) is 93.7 Å². The van der Waals surface area contributed by atoms with E-state index in [1.54, 1.807) is 48.5 Å². The monoisotopic (exact) mass is 591 g/mol. The molecule has 0 unspecified atom stereocenters. The number of carbonyl (C=O) groups is 1. The molecule has 0 aliphatic rings. The molecule has 0 saturated carbocycles. The first-order valence-corrected chi connectivity index (χ1v) is 13.6. The first-order chi connectivity index (χ1) is 20.7. The average Bonchev–Trinajstić information content (AvgIpc) is 3.52. The number of benzene rings is 4. The Labute approximate surface area is 250 Å². The molecule has 0 atom stereocenters. The van der Waals surface area contributed by atoms with Crippen LogP contribution in [0.25, 0.3) is 39.1 Å². The lowest BCUT2D eigenvalue weighted by atomic mass is 9.91. The third-order valence-electron chi connectivity index (χ3n) is 7.11. The standard InChI is InChI=1S/C33H23ClFN5O3/c1-20-3-2-4-22(11-20)29-9-6-23(33(41)42)16-30(29)25-12-21(13-27(35)15-25)14-28-8-5-24(18-40(28)43)31-17-26(34)7-10-32(31)39-19-36-37-38-39/h2-13,15-19H,14H2,1H3,(H,41,42). The summed E-state index contributed by atoms with van der Waals surface area (Å²) in [7, 11) is 0. The molecule has 8 nitrogen and oxygen atoms in total. The van der Waals surface area contributed by atoms with Gasteiger partial charge in [0.1, 0.15) is 12.1 Å². The minimum atomic E-state index is -1.08. The molecule has 0 saturated heterocycles. The number of nitrogens with zero attached hydrogens (tertiary/aromatic N) is 5. The van der Waals surface area contributed by atoms with Crippen LogP contribution in [0.3, 0.4) is 0 Å². The van der Waals surface area contributed by atoms with Crippen molar-refractivity contribution in [3.05, 3.63) is 142 Å². The maximum absolute atomic E-state index is 15.0. The van der Waals surface area contributed by atoms with Gasteiger partial charge in [0.15, 0.2) is 11.9 Å². The Balaban J connectivity index is 1.38. The Morgan fingerprint density at radius 1 is 0.930 bits per heavy atom. The molecule has 10 heteroatoms. The van der Waals surface area contributed by atoms with E-state index in [4.69, 9.17) is 11.6 Å². The largest absolute Gasteiger partial charge is 0.618 e. The van der Waals surface area contributed by atoms with Crippen LogP contribution in [0.1, 0.15) is 27.2 Å². The van der Waals surface area contributed by atoms with Crippen LogP contribution in [0, 0.1) is 17.9 Å². The maximum Gasteiger partial charge on any atom is 0.335 e. The summed E-state index contributed by atoms with van der Waals surface area (Å²) in [5, 5.41) is 34.7. The van der Waals surface area contributed by atoms with Gasteiger partial charge in [-0.15, -0.1) is 5.10 Å². The summed E-state index contributed by atoms with van der Waals surface area (Å²) >= 11 is 6.26. The third kappa shape index (κ3) is 5.84. The molecule has 0 spiro atoms. The van der Waals surface area contributed by atoms with Crippen LogP contribution >= 0.6 is 11.6 Å². The predicted molar refractivity (Wildman–Crippen MR) is 160 cm³/mol. The number of aryl methyl sites for hydroxylation is 1. The minimum absolute atomic E-state index is 0.0901. The van der Waals surface area contributed by atoms with E-state index >= 15 is 4.39 Å². The van der Waals surface area contributed by atoms with Crippen molar-refractivity contribution in [1.82, 2.24) is 20.2 Å². The van der Waals surface area contributed by atoms with E-state index in [1.807, 2.05) is 31.2 Å². The van der Waals surface area contributed by atoms with E-state index in [9.17, 15) is 15.1 Å². The molecule has 0 fully saturated rings. The van der Waals surface area contributed by atoms with Crippen LogP contribution in [0.5, 0.6) is 0 Å². The van der Waals surface area contributed by atoms with Gasteiger partial charge in [0, 0.05) is 22.2 Å². The number of tetrazole rings is 1. The fourth-order valence-corrected chi connectivity index (χ4v) is 5.29. The number of rotatable bonds is 7. The van der Waals surface area contributed by atoms with Gasteiger partial charge in [-0.1, -0.05) is 53.6 Å². The number of carboxylic acid groups (broad SMARTS) is 1. The maximum atomic E-state index is 15.0. The van der Waals surface area contributed by atoms with Gasteiger partial charge in [-0.25, -0.2) is 9.18 Å². The highest BCUT2D eigenvalue weighted by Crippen LogP contribution is 2.35. The molecule has 0 amide bonds. The summed E-state index contributed by atoms with van der Waals surface area (Å²) in [6.07, 6.45) is 3.02. The van der Waals surface area contributed by atoms with Crippen molar-refractivity contribution in [2.24, 2.45) is 0 Å². The fraction of sp³-hybridized carbons (Fsp3) is 0.0606. The lowest BCUT2D eigenvalue weighted by Gasteiger charge is -2.14. The van der Waals surface area contributed by atoms with E-state index in [-0.39, 0.29) is 12.0 Å². The van der Waals surface area contributed by atoms with E-state index in [1.165, 1.54) is 35.4 Å². The first kappa shape index (κ1) is 27.7. The van der Waals surface area contributed by atoms with Crippen molar-refractivity contribution in [3.63, 3.8) is 0 Å². The molecule has 0 bridgehead atoms. The van der Waals surface area contributed by atoms with Crippen molar-refractivity contribution in [3.8, 4) is 39.1 Å². The molecule has 0 aliphatic heterocycles. The number of hydrogen-bond acceptors (Lipinski definition) is 5. The summed E-state index contributed by atoms with van der Waals surface area (Å²) in [6.45, 7) is 1.97. The predicted octanol–water partition coefficient (Wildman–Crippen LogP) is 6.69. The van der Waals surface area contributed by atoms with Crippen LogP contribution < -0.4 is 4.73 Å². The highest BCUT2D eigenvalue weighted by molar-refractivity contribution is 6.31. The van der Waals surface area contributed by atoms with Gasteiger partial charge in [-0.3, -0.25) is 0 Å². The molecule has 0 radical (unpaired) electrons. The molecular weight excluding hydrogens is 569 g/mol. The molecule has 212 valence electrons. The Morgan fingerprint density at radius 2 is 1.79 bits per heavy atom. The van der Waals surface area contributed by atoms with Gasteiger partial charge in [0.2, 0.25) is 0 Å². The summed E-state index contributed by atoms with van der Waals surface area (Å²) in [6, 6.07) is 25.8. The Bertz CT molecular complexity index is 2000. The molecule has 2 aromatic heterocycles. The molecule has 6 rings (SSSR count). The Hall–Kier alpha value is -5.41. The highest BCUT2D eigenvalue weighted by Gasteiger charge is 2.17. The third-order valence-corrected chi connectivity index (χ3v) is 7.34. The number of carboxylic acids is 1. The van der Waals surface area contributed by atoms with Crippen molar-refractivity contribution in [2.45, 2.75) is 13.3 Å². The Morgan fingerprint density at radius 3 is 2.53 bits per heavy atom. The second-order valence-electron chi connectivity index (χ2n) is 10.1. The van der Waals surface area contributed by atoms with Crippen molar-refractivity contribution >= 4 is 17.6 Å². The topological polar surface area (TPSA) is 108 Å². The number of aromatic carboxylic acids is 1. The van der Waals surface area contributed by atoms with Gasteiger partial charge < -0.3 is 10.3 Å². The number of aromatic nitrogens is 5. The minimum Gasteiger partial charge on any atom is -0.618 e. The van der Waals surface area contributed by atoms with Crippen molar-refractivity contribution in [1.29, 1.82) is 0 Å². The van der Waals surface area contributed by atoms with Crippen LogP contribution in [-0.4, -0.2) is 31.3 Å². The lowest BCUT2D eigenvalue weighted by molar-refractivity contribution is -0.612. The summed E-state index contributed by atoms with van der Waals surface area (Å²) in [5.41, 5.74) is 6.72. The van der Waals surface area contributed by atoms with Crippen LogP contribution in [0.2, 0.25) is 5.02 Å². The van der Waals surface area contributed by atoms with E-state index in [0.29, 0.717) is 44.2 Å². The molecule has 2 heterocycles. The summed E-state index contributed by atoms with van der Waals surface area (Å²) in [5.74, 6) is -1.58. The second-order valence-corrected chi connectivity index (χ2v) is 10.5. The van der Waals surface area contributed by atoms with Crippen molar-refractivity contribution < 1.29 is 19.0 Å². The number of halogens is 2. The summed E-state index contributed by atoms with van der Waals surface area (Å²) < 4.78 is 17.3. The van der Waals surface area contributed by atoms with Crippen LogP contribution in [-0.2, 0) is 6.42 Å². The van der Waals surface area contributed by atoms with E-state index in [0.717, 1.165) is 21.4 Å². The second kappa shape index (κ2) is 11.5. The summed E-state index contributed by atoms with van der Waals surface area (Å²) in [4.78, 5) is 11.8. The zero-order valence-electron chi connectivity index (χ0n) is 22.8. The number of pyridine rings is 1. The SMILES string of the molecule is Cc1cccc(-c2ccc(C(=O)O)cc2-c2cc(F)cc(Cc3ccc(-c4cc(Cl)ccc4-n4cnnn4)c[n+]3[O-])c2)c1. The molecule has 4 aromatic carbocycles. The van der Waals surface area contributed by atoms with Gasteiger partial charge >= 0.3 is 5.97 Å². The Kier molecular flexibility index (Phi) is 7.40. The molecule has 1 N–H and O–H groups in total. The van der Waals surface area contributed by atoms with Gasteiger partial charge in [-0.2, -0.15) is 9.41 Å². The van der Waals surface area contributed by atoms with Crippen LogP contribution in [0.4, 0.5) is 4.39 Å². The molecular formula is C33H23ClFN5O3. The smallest absolute Gasteiger partial charge is 0.335 e. The zero-order chi connectivity index (χ0) is 30.1. The number of hydrogen-bond donors (Lipinski definition) is 1. The van der Waals surface area contributed by atoms with Crippen molar-refractivity contribution in [2.75, 3.05) is 0 Å². The zero-order valence-corrected chi connectivity index (χ0v) is 23.5. The van der Waals surface area contributed by atoms with Gasteiger partial charge in [0.25, 0.3) is 0 Å². The van der Waals surface area contributed by atoms with E-state index < -0.39 is 11.8 Å². The lowest BCUT2D eigenvalue weighted by Crippen LogP contribution is -2.31. The fourth-order valence-electron chi connectivity index (χ4n) is 5.12. The quantitative estimate of drug-likeness (QED) is 0.164. The average molecular weight is 592 g/mol. The van der Waals surface area contributed by atoms with Crippen LogP contribution in [0.15, 0.2) is 104 Å². The molecule has 0 aliphatic carbocycles. The molecule has 6 aromatic rings.